The summed E-state index contributed by atoms with van der Waals surface area (Å²) < 4.78 is 43.3. The molecule has 1 unspecified atom stereocenters. The fourth-order valence-electron chi connectivity index (χ4n) is 1.64. The van der Waals surface area contributed by atoms with E-state index in [-0.39, 0.29) is 6.61 Å². The number of ether oxygens (including phenoxy) is 1. The van der Waals surface area contributed by atoms with Gasteiger partial charge in [0.15, 0.2) is 5.84 Å². The number of para-hydroxylation sites is 1. The monoisotopic (exact) mass is 291 g/mol. The van der Waals surface area contributed by atoms with Crippen LogP contribution in [0.25, 0.3) is 0 Å². The van der Waals surface area contributed by atoms with E-state index in [1.54, 1.807) is 24.3 Å². The van der Waals surface area contributed by atoms with Gasteiger partial charge in [0.2, 0.25) is 0 Å². The highest BCUT2D eigenvalue weighted by atomic mass is 19.4. The molecule has 0 fully saturated rings. The van der Waals surface area contributed by atoms with Crippen molar-refractivity contribution in [1.82, 2.24) is 0 Å². The standard InChI is InChI=1S/C12H16F3N3O2/c1-20-7-8-4-2-3-5-10(8)17-6-9(11(16)18-19)12(13,14)15/h2-5,9,17,19H,6-7H2,1H3,(H2,16,18). The second-order valence-corrected chi connectivity index (χ2v) is 4.09. The first-order chi connectivity index (χ1) is 9.40. The van der Waals surface area contributed by atoms with Gasteiger partial charge in [-0.2, -0.15) is 13.2 Å². The minimum Gasteiger partial charge on any atom is -0.409 e. The average Bonchev–Trinajstić information content (AvgIpc) is 2.39. The minimum atomic E-state index is -4.60. The molecule has 0 aliphatic rings. The number of benzene rings is 1. The number of rotatable bonds is 6. The van der Waals surface area contributed by atoms with Gasteiger partial charge in [-0.3, -0.25) is 0 Å². The first kappa shape index (κ1) is 16.1. The molecule has 0 amide bonds. The third-order valence-electron chi connectivity index (χ3n) is 2.68. The predicted molar refractivity (Wildman–Crippen MR) is 68.6 cm³/mol. The lowest BCUT2D eigenvalue weighted by Gasteiger charge is -2.20. The molecule has 0 saturated heterocycles. The number of halogens is 3. The van der Waals surface area contributed by atoms with Crippen LogP contribution in [0.15, 0.2) is 29.4 Å². The van der Waals surface area contributed by atoms with Gasteiger partial charge in [-0.25, -0.2) is 0 Å². The van der Waals surface area contributed by atoms with Crippen LogP contribution in [0.4, 0.5) is 18.9 Å². The summed E-state index contributed by atoms with van der Waals surface area (Å²) >= 11 is 0. The molecular weight excluding hydrogens is 275 g/mol. The maximum absolute atomic E-state index is 12.8. The van der Waals surface area contributed by atoms with E-state index in [1.165, 1.54) is 7.11 Å². The molecule has 1 atom stereocenters. The molecule has 0 aliphatic carbocycles. The van der Waals surface area contributed by atoms with Crippen LogP contribution in [-0.2, 0) is 11.3 Å². The normalized spacial score (nSPS) is 14.1. The second kappa shape index (κ2) is 6.99. The lowest BCUT2D eigenvalue weighted by Crippen LogP contribution is -2.40. The summed E-state index contributed by atoms with van der Waals surface area (Å²) in [5.74, 6) is -2.95. The average molecular weight is 291 g/mol. The van der Waals surface area contributed by atoms with Gasteiger partial charge < -0.3 is 21.0 Å². The first-order valence-corrected chi connectivity index (χ1v) is 5.75. The summed E-state index contributed by atoms with van der Waals surface area (Å²) in [5.41, 5.74) is 6.31. The number of amidine groups is 1. The zero-order chi connectivity index (χ0) is 15.2. The van der Waals surface area contributed by atoms with Crippen molar-refractivity contribution in [3.05, 3.63) is 29.8 Å². The van der Waals surface area contributed by atoms with Crippen molar-refractivity contribution in [2.75, 3.05) is 19.0 Å². The summed E-state index contributed by atoms with van der Waals surface area (Å²) in [7, 11) is 1.49. The van der Waals surface area contributed by atoms with Crippen LogP contribution in [0, 0.1) is 5.92 Å². The van der Waals surface area contributed by atoms with Crippen molar-refractivity contribution in [2.45, 2.75) is 12.8 Å². The van der Waals surface area contributed by atoms with E-state index in [0.717, 1.165) is 5.56 Å². The van der Waals surface area contributed by atoms with Gasteiger partial charge in [0.05, 0.1) is 6.61 Å². The van der Waals surface area contributed by atoms with Crippen molar-refractivity contribution in [1.29, 1.82) is 0 Å². The van der Waals surface area contributed by atoms with Gasteiger partial charge in [-0.05, 0) is 6.07 Å². The summed E-state index contributed by atoms with van der Waals surface area (Å²) in [6.07, 6.45) is -4.60. The molecule has 0 spiro atoms. The third kappa shape index (κ3) is 4.30. The predicted octanol–water partition coefficient (Wildman–Crippen LogP) is 2.17. The molecule has 20 heavy (non-hydrogen) atoms. The molecule has 0 heterocycles. The molecule has 1 aromatic rings. The SMILES string of the molecule is COCc1ccccc1NCC(/C(N)=N/O)C(F)(F)F. The Morgan fingerprint density at radius 1 is 1.45 bits per heavy atom. The molecule has 0 radical (unpaired) electrons. The number of alkyl halides is 3. The van der Waals surface area contributed by atoms with Crippen LogP contribution >= 0.6 is 0 Å². The molecule has 112 valence electrons. The number of methoxy groups -OCH3 is 1. The molecule has 5 nitrogen and oxygen atoms in total. The maximum Gasteiger partial charge on any atom is 0.400 e. The Kier molecular flexibility index (Phi) is 5.63. The zero-order valence-electron chi connectivity index (χ0n) is 10.8. The number of oxime groups is 1. The Morgan fingerprint density at radius 2 is 2.10 bits per heavy atom. The summed E-state index contributed by atoms with van der Waals surface area (Å²) in [4.78, 5) is 0. The first-order valence-electron chi connectivity index (χ1n) is 5.75. The minimum absolute atomic E-state index is 0.267. The second-order valence-electron chi connectivity index (χ2n) is 4.09. The highest BCUT2D eigenvalue weighted by molar-refractivity contribution is 5.83. The lowest BCUT2D eigenvalue weighted by atomic mass is 10.1. The van der Waals surface area contributed by atoms with Crippen LogP contribution in [0.3, 0.4) is 0 Å². The van der Waals surface area contributed by atoms with E-state index in [4.69, 9.17) is 15.7 Å². The Balaban J connectivity index is 2.83. The highest BCUT2D eigenvalue weighted by Gasteiger charge is 2.42. The number of nitrogens with two attached hydrogens (primary N) is 1. The summed E-state index contributed by atoms with van der Waals surface area (Å²) in [6.45, 7) is -0.260. The molecule has 0 aromatic heterocycles. The third-order valence-corrected chi connectivity index (χ3v) is 2.68. The molecule has 0 saturated carbocycles. The number of hydrogen-bond donors (Lipinski definition) is 3. The van der Waals surface area contributed by atoms with Crippen LogP contribution in [-0.4, -0.2) is 30.9 Å². The van der Waals surface area contributed by atoms with E-state index < -0.39 is 24.5 Å². The number of hydrogen-bond acceptors (Lipinski definition) is 4. The summed E-state index contributed by atoms with van der Waals surface area (Å²) in [6, 6.07) is 6.81. The van der Waals surface area contributed by atoms with E-state index in [2.05, 4.69) is 10.5 Å². The van der Waals surface area contributed by atoms with Crippen molar-refractivity contribution in [3.63, 3.8) is 0 Å². The molecule has 0 bridgehead atoms. The largest absolute Gasteiger partial charge is 0.409 e. The smallest absolute Gasteiger partial charge is 0.400 e. The van der Waals surface area contributed by atoms with Crippen molar-refractivity contribution >= 4 is 11.5 Å². The van der Waals surface area contributed by atoms with E-state index in [1.807, 2.05) is 0 Å². The highest BCUT2D eigenvalue weighted by Crippen LogP contribution is 2.27. The lowest BCUT2D eigenvalue weighted by molar-refractivity contribution is -0.152. The van der Waals surface area contributed by atoms with E-state index >= 15 is 0 Å². The van der Waals surface area contributed by atoms with Gasteiger partial charge in [-0.1, -0.05) is 23.4 Å². The fourth-order valence-corrected chi connectivity index (χ4v) is 1.64. The molecular formula is C12H16F3N3O2. The Labute approximate surface area is 114 Å². The maximum atomic E-state index is 12.8. The van der Waals surface area contributed by atoms with Crippen LogP contribution < -0.4 is 11.1 Å². The van der Waals surface area contributed by atoms with E-state index in [0.29, 0.717) is 5.69 Å². The zero-order valence-corrected chi connectivity index (χ0v) is 10.8. The topological polar surface area (TPSA) is 79.9 Å². The Bertz CT molecular complexity index is 464. The molecule has 4 N–H and O–H groups in total. The van der Waals surface area contributed by atoms with Gasteiger partial charge in [0, 0.05) is 24.9 Å². The van der Waals surface area contributed by atoms with Crippen molar-refractivity contribution < 1.29 is 23.1 Å². The van der Waals surface area contributed by atoms with Gasteiger partial charge in [-0.15, -0.1) is 0 Å². The molecule has 8 heteroatoms. The van der Waals surface area contributed by atoms with Crippen LogP contribution in [0.2, 0.25) is 0 Å². The number of anilines is 1. The van der Waals surface area contributed by atoms with Gasteiger partial charge in [0.1, 0.15) is 5.92 Å². The number of nitrogens with one attached hydrogen (secondary N) is 1. The fraction of sp³-hybridized carbons (Fsp3) is 0.417. The number of nitrogens with zero attached hydrogens (tertiary/aromatic N) is 1. The Hall–Kier alpha value is -1.96. The quantitative estimate of drug-likeness (QED) is 0.325. The Morgan fingerprint density at radius 3 is 2.65 bits per heavy atom. The molecule has 1 rings (SSSR count). The van der Waals surface area contributed by atoms with Crippen LogP contribution in [0.5, 0.6) is 0 Å². The van der Waals surface area contributed by atoms with Gasteiger partial charge >= 0.3 is 6.18 Å². The van der Waals surface area contributed by atoms with Crippen molar-refractivity contribution in [2.24, 2.45) is 16.8 Å². The van der Waals surface area contributed by atoms with Crippen molar-refractivity contribution in [3.8, 4) is 0 Å². The molecule has 0 aliphatic heterocycles. The summed E-state index contributed by atoms with van der Waals surface area (Å²) in [5, 5.41) is 13.5. The van der Waals surface area contributed by atoms with Crippen LogP contribution in [0.1, 0.15) is 5.56 Å². The van der Waals surface area contributed by atoms with E-state index in [9.17, 15) is 13.2 Å². The molecule has 1 aromatic carbocycles. The van der Waals surface area contributed by atoms with Gasteiger partial charge in [0.25, 0.3) is 0 Å².